The predicted octanol–water partition coefficient (Wildman–Crippen LogP) is 0.794. The molecule has 0 aromatic carbocycles. The normalized spacial score (nSPS) is 25.7. The molecule has 0 bridgehead atoms. The van der Waals surface area contributed by atoms with E-state index in [0.717, 1.165) is 25.3 Å². The number of ether oxygens (including phenoxy) is 1. The Labute approximate surface area is 141 Å². The van der Waals surface area contributed by atoms with E-state index in [-0.39, 0.29) is 5.60 Å². The predicted molar refractivity (Wildman–Crippen MR) is 92.8 cm³/mol. The highest BCUT2D eigenvalue weighted by Gasteiger charge is 2.45. The van der Waals surface area contributed by atoms with Crippen LogP contribution in [0.3, 0.4) is 0 Å². The molecule has 1 fully saturated rings. The second-order valence-electron chi connectivity index (χ2n) is 8.35. The van der Waals surface area contributed by atoms with Crippen LogP contribution in [-0.4, -0.2) is 45.9 Å². The molecule has 23 heavy (non-hydrogen) atoms. The first-order valence-electron chi connectivity index (χ1n) is 9.13. The largest absolute Gasteiger partial charge is 0.463 e. The van der Waals surface area contributed by atoms with Crippen LogP contribution in [0.5, 0.6) is 0 Å². The van der Waals surface area contributed by atoms with Crippen LogP contribution >= 0.6 is 0 Å². The van der Waals surface area contributed by atoms with Gasteiger partial charge in [-0.15, -0.1) is 0 Å². The van der Waals surface area contributed by atoms with Crippen molar-refractivity contribution in [1.29, 1.82) is 0 Å². The van der Waals surface area contributed by atoms with Crippen LogP contribution in [0, 0.1) is 5.41 Å². The van der Waals surface area contributed by atoms with Gasteiger partial charge in [-0.2, -0.15) is 0 Å². The molecule has 1 aliphatic heterocycles. The second-order valence-corrected chi connectivity index (χ2v) is 8.35. The minimum absolute atomic E-state index is 0.00426. The van der Waals surface area contributed by atoms with Gasteiger partial charge in [0.25, 0.3) is 0 Å². The van der Waals surface area contributed by atoms with Gasteiger partial charge in [0.2, 0.25) is 0 Å². The molecule has 0 saturated carbocycles. The zero-order valence-electron chi connectivity index (χ0n) is 15.7. The lowest BCUT2D eigenvalue weighted by atomic mass is 9.73. The van der Waals surface area contributed by atoms with E-state index in [0.29, 0.717) is 5.41 Å². The van der Waals surface area contributed by atoms with E-state index in [1.807, 2.05) is 6.07 Å². The van der Waals surface area contributed by atoms with Crippen molar-refractivity contribution >= 4 is 0 Å². The van der Waals surface area contributed by atoms with Crippen LogP contribution in [0.1, 0.15) is 45.8 Å². The summed E-state index contributed by atoms with van der Waals surface area (Å²) in [5.41, 5.74) is 0.355. The Hall–Kier alpha value is -0.840. The highest BCUT2D eigenvalue weighted by atomic mass is 16.5. The molecule has 132 valence electrons. The first-order valence-corrected chi connectivity index (χ1v) is 9.13. The molecule has 1 aromatic rings. The van der Waals surface area contributed by atoms with Gasteiger partial charge in [-0.3, -0.25) is 0 Å². The van der Waals surface area contributed by atoms with E-state index < -0.39 is 0 Å². The van der Waals surface area contributed by atoms with Crippen molar-refractivity contribution in [3.63, 3.8) is 0 Å². The summed E-state index contributed by atoms with van der Waals surface area (Å²) in [4.78, 5) is 3.18. The third-order valence-electron chi connectivity index (χ3n) is 4.89. The molecule has 0 radical (unpaired) electrons. The molecule has 4 nitrogen and oxygen atoms in total. The number of quaternary nitrogens is 2. The van der Waals surface area contributed by atoms with Gasteiger partial charge < -0.3 is 19.0 Å². The van der Waals surface area contributed by atoms with E-state index in [4.69, 9.17) is 9.15 Å². The molecule has 1 unspecified atom stereocenters. The van der Waals surface area contributed by atoms with E-state index in [1.165, 1.54) is 37.4 Å². The first kappa shape index (κ1) is 18.5. The van der Waals surface area contributed by atoms with Gasteiger partial charge in [-0.25, -0.2) is 0 Å². The van der Waals surface area contributed by atoms with Gasteiger partial charge >= 0.3 is 0 Å². The van der Waals surface area contributed by atoms with Crippen molar-refractivity contribution in [2.24, 2.45) is 5.41 Å². The fourth-order valence-corrected chi connectivity index (χ4v) is 4.48. The summed E-state index contributed by atoms with van der Waals surface area (Å²) >= 11 is 0. The molecule has 2 atom stereocenters. The van der Waals surface area contributed by atoms with E-state index in [9.17, 15) is 0 Å². The molecule has 1 saturated heterocycles. The maximum Gasteiger partial charge on any atom is 0.157 e. The van der Waals surface area contributed by atoms with Gasteiger partial charge in [0.15, 0.2) is 5.76 Å². The van der Waals surface area contributed by atoms with Crippen LogP contribution in [0.2, 0.25) is 0 Å². The van der Waals surface area contributed by atoms with Crippen molar-refractivity contribution in [2.45, 2.75) is 52.2 Å². The first-order chi connectivity index (χ1) is 10.8. The van der Waals surface area contributed by atoms with Gasteiger partial charge in [0.05, 0.1) is 51.0 Å². The van der Waals surface area contributed by atoms with Crippen LogP contribution in [0.25, 0.3) is 0 Å². The van der Waals surface area contributed by atoms with Gasteiger partial charge in [0.1, 0.15) is 6.54 Å². The minimum atomic E-state index is -0.00426. The minimum Gasteiger partial charge on any atom is -0.463 e. The van der Waals surface area contributed by atoms with Crippen LogP contribution in [-0.2, 0) is 11.3 Å². The average molecular weight is 325 g/mol. The summed E-state index contributed by atoms with van der Waals surface area (Å²) in [6, 6.07) is 4.10. The Bertz CT molecular complexity index is 456. The quantitative estimate of drug-likeness (QED) is 0.741. The lowest BCUT2D eigenvalue weighted by molar-refractivity contribution is -0.932. The van der Waals surface area contributed by atoms with Crippen LogP contribution in [0.4, 0.5) is 0 Å². The molecule has 1 aromatic heterocycles. The SMILES string of the molecule is CCC[NH+](Cc1ccco1)C[C@]1(C[NH+](C)C)CCOC(C)(C)C1. The molecule has 0 spiro atoms. The van der Waals surface area contributed by atoms with Crippen molar-refractivity contribution < 1.29 is 19.0 Å². The number of hydrogen-bond donors (Lipinski definition) is 2. The second kappa shape index (κ2) is 7.82. The van der Waals surface area contributed by atoms with Gasteiger partial charge in [-0.1, -0.05) is 6.92 Å². The Kier molecular flexibility index (Phi) is 6.29. The van der Waals surface area contributed by atoms with E-state index in [1.54, 1.807) is 11.2 Å². The average Bonchev–Trinajstić information content (AvgIpc) is 2.89. The topological polar surface area (TPSA) is 31.3 Å². The molecular weight excluding hydrogens is 288 g/mol. The third-order valence-corrected chi connectivity index (χ3v) is 4.89. The van der Waals surface area contributed by atoms with Gasteiger partial charge in [0, 0.05) is 6.61 Å². The van der Waals surface area contributed by atoms with E-state index in [2.05, 4.69) is 40.9 Å². The molecular formula is C19H36N2O2+2. The lowest BCUT2D eigenvalue weighted by Crippen LogP contribution is -3.14. The van der Waals surface area contributed by atoms with Crippen molar-refractivity contribution in [3.8, 4) is 0 Å². The summed E-state index contributed by atoms with van der Waals surface area (Å²) in [7, 11) is 4.55. The third kappa shape index (κ3) is 5.63. The summed E-state index contributed by atoms with van der Waals surface area (Å²) in [5, 5.41) is 0. The Morgan fingerprint density at radius 3 is 2.57 bits per heavy atom. The van der Waals surface area contributed by atoms with Crippen LogP contribution < -0.4 is 9.80 Å². The summed E-state index contributed by atoms with van der Waals surface area (Å²) in [5.74, 6) is 1.10. The highest BCUT2D eigenvalue weighted by molar-refractivity contribution is 4.96. The number of furan rings is 1. The zero-order valence-corrected chi connectivity index (χ0v) is 15.7. The molecule has 2 N–H and O–H groups in total. The molecule has 0 amide bonds. The maximum atomic E-state index is 6.01. The van der Waals surface area contributed by atoms with E-state index >= 15 is 0 Å². The fourth-order valence-electron chi connectivity index (χ4n) is 4.48. The number of nitrogens with one attached hydrogen (secondary N) is 2. The van der Waals surface area contributed by atoms with Gasteiger partial charge in [-0.05, 0) is 45.2 Å². The van der Waals surface area contributed by atoms with Crippen molar-refractivity contribution in [3.05, 3.63) is 24.2 Å². The summed E-state index contributed by atoms with van der Waals surface area (Å²) < 4.78 is 11.6. The Morgan fingerprint density at radius 1 is 1.22 bits per heavy atom. The lowest BCUT2D eigenvalue weighted by Gasteiger charge is -2.45. The Morgan fingerprint density at radius 2 is 2.00 bits per heavy atom. The summed E-state index contributed by atoms with van der Waals surface area (Å²) in [6.07, 6.45) is 5.32. The monoisotopic (exact) mass is 324 g/mol. The smallest absolute Gasteiger partial charge is 0.157 e. The standard InChI is InChI=1S/C19H34N2O2/c1-6-10-21(13-17-8-7-11-22-17)16-19(15-20(4)5)9-12-23-18(2,3)14-19/h7-8,11H,6,9-10,12-16H2,1-5H3/p+2/t19-/m1/s1. The number of hydrogen-bond acceptors (Lipinski definition) is 2. The Balaban J connectivity index is 2.13. The fraction of sp³-hybridized carbons (Fsp3) is 0.789. The van der Waals surface area contributed by atoms with Crippen LogP contribution in [0.15, 0.2) is 22.8 Å². The number of rotatable bonds is 8. The molecule has 2 heterocycles. The maximum absolute atomic E-state index is 6.01. The van der Waals surface area contributed by atoms with Crippen molar-refractivity contribution in [1.82, 2.24) is 0 Å². The van der Waals surface area contributed by atoms with Crippen molar-refractivity contribution in [2.75, 3.05) is 40.3 Å². The molecule has 0 aliphatic carbocycles. The molecule has 4 heteroatoms. The molecule has 1 aliphatic rings. The highest BCUT2D eigenvalue weighted by Crippen LogP contribution is 2.37. The summed E-state index contributed by atoms with van der Waals surface area (Å²) in [6.45, 7) is 12.3. The zero-order chi connectivity index (χ0) is 16.9. The molecule has 2 rings (SSSR count).